The topological polar surface area (TPSA) is 93.7 Å². The highest BCUT2D eigenvalue weighted by atomic mass is 32.2. The number of rotatable bonds is 6. The lowest BCUT2D eigenvalue weighted by Crippen LogP contribution is -2.28. The van der Waals surface area contributed by atoms with Crippen LogP contribution in [0.3, 0.4) is 0 Å². The molecule has 2 aromatic carbocycles. The fourth-order valence-electron chi connectivity index (χ4n) is 2.73. The van der Waals surface area contributed by atoms with Crippen LogP contribution in [0.1, 0.15) is 29.8 Å². The van der Waals surface area contributed by atoms with E-state index in [4.69, 9.17) is 9.47 Å². The summed E-state index contributed by atoms with van der Waals surface area (Å²) in [6.07, 6.45) is 0. The zero-order chi connectivity index (χ0) is 20.3. The molecule has 0 aromatic heterocycles. The molecule has 0 aliphatic carbocycles. The second kappa shape index (κ2) is 8.10. The first-order valence-corrected chi connectivity index (χ1v) is 10.6. The van der Waals surface area contributed by atoms with E-state index >= 15 is 0 Å². The number of ether oxygens (including phenoxy) is 2. The van der Waals surface area contributed by atoms with Gasteiger partial charge in [-0.1, -0.05) is 19.9 Å². The minimum Gasteiger partial charge on any atom is -0.486 e. The van der Waals surface area contributed by atoms with Gasteiger partial charge in [0.2, 0.25) is 0 Å². The maximum absolute atomic E-state index is 12.8. The van der Waals surface area contributed by atoms with Crippen molar-refractivity contribution in [3.05, 3.63) is 47.5 Å². The number of sulfonamides is 1. The Morgan fingerprint density at radius 1 is 1.07 bits per heavy atom. The molecule has 0 radical (unpaired) electrons. The number of benzene rings is 2. The summed E-state index contributed by atoms with van der Waals surface area (Å²) in [5, 5.41) is 2.82. The van der Waals surface area contributed by atoms with Gasteiger partial charge in [0.1, 0.15) is 13.2 Å². The van der Waals surface area contributed by atoms with Crippen molar-refractivity contribution in [3.8, 4) is 11.5 Å². The summed E-state index contributed by atoms with van der Waals surface area (Å²) >= 11 is 0. The quantitative estimate of drug-likeness (QED) is 0.772. The van der Waals surface area contributed by atoms with Gasteiger partial charge in [0.15, 0.2) is 11.5 Å². The van der Waals surface area contributed by atoms with Crippen LogP contribution < -0.4 is 19.5 Å². The van der Waals surface area contributed by atoms with Gasteiger partial charge < -0.3 is 14.8 Å². The van der Waals surface area contributed by atoms with E-state index in [-0.39, 0.29) is 10.8 Å². The Bertz CT molecular complexity index is 986. The summed E-state index contributed by atoms with van der Waals surface area (Å²) < 4.78 is 39.1. The summed E-state index contributed by atoms with van der Waals surface area (Å²) in [6, 6.07) is 9.35. The van der Waals surface area contributed by atoms with Crippen LogP contribution in [0.5, 0.6) is 11.5 Å². The van der Waals surface area contributed by atoms with E-state index in [0.717, 1.165) is 0 Å². The van der Waals surface area contributed by atoms with E-state index in [1.54, 1.807) is 31.2 Å². The molecule has 150 valence electrons. The summed E-state index contributed by atoms with van der Waals surface area (Å²) in [4.78, 5) is 12.4. The number of hydrogen-bond donors (Lipinski definition) is 2. The van der Waals surface area contributed by atoms with Crippen LogP contribution in [0.2, 0.25) is 0 Å². The van der Waals surface area contributed by atoms with Gasteiger partial charge in [0, 0.05) is 18.2 Å². The van der Waals surface area contributed by atoms with E-state index in [1.165, 1.54) is 12.1 Å². The van der Waals surface area contributed by atoms with Crippen molar-refractivity contribution in [2.45, 2.75) is 25.7 Å². The fourth-order valence-corrected chi connectivity index (χ4v) is 3.80. The first-order chi connectivity index (χ1) is 13.3. The van der Waals surface area contributed by atoms with Gasteiger partial charge in [-0.2, -0.15) is 0 Å². The largest absolute Gasteiger partial charge is 0.486 e. The molecule has 2 aromatic rings. The number of anilines is 1. The Labute approximate surface area is 165 Å². The van der Waals surface area contributed by atoms with Gasteiger partial charge in [-0.05, 0) is 42.7 Å². The normalized spacial score (nSPS) is 13.3. The van der Waals surface area contributed by atoms with E-state index in [9.17, 15) is 13.2 Å². The summed E-state index contributed by atoms with van der Waals surface area (Å²) in [5.74, 6) is 1.08. The molecule has 28 heavy (non-hydrogen) atoms. The van der Waals surface area contributed by atoms with Gasteiger partial charge in [-0.15, -0.1) is 0 Å². The van der Waals surface area contributed by atoms with Gasteiger partial charge in [0.25, 0.3) is 15.9 Å². The van der Waals surface area contributed by atoms with Crippen LogP contribution >= 0.6 is 0 Å². The standard InChI is InChI=1S/C20H24N2O5S/c1-13(2)12-21-20(23)17-11-16(6-4-14(17)3)28(24,25)22-15-5-7-18-19(10-15)27-9-8-26-18/h4-7,10-11,13,22H,8-9,12H2,1-3H3,(H,21,23). The maximum Gasteiger partial charge on any atom is 0.261 e. The van der Waals surface area contributed by atoms with Crippen molar-refractivity contribution in [2.24, 2.45) is 5.92 Å². The van der Waals surface area contributed by atoms with Crippen LogP contribution in [-0.2, 0) is 10.0 Å². The van der Waals surface area contributed by atoms with Crippen molar-refractivity contribution in [3.63, 3.8) is 0 Å². The Kier molecular flexibility index (Phi) is 5.79. The monoisotopic (exact) mass is 404 g/mol. The molecule has 0 spiro atoms. The average molecular weight is 404 g/mol. The number of carbonyl (C=O) groups is 1. The maximum atomic E-state index is 12.8. The molecule has 1 amide bonds. The third kappa shape index (κ3) is 4.56. The molecular formula is C20H24N2O5S. The molecule has 0 unspecified atom stereocenters. The van der Waals surface area contributed by atoms with Crippen molar-refractivity contribution in [1.29, 1.82) is 0 Å². The molecule has 1 heterocycles. The van der Waals surface area contributed by atoms with Crippen molar-refractivity contribution in [1.82, 2.24) is 5.32 Å². The molecule has 0 saturated heterocycles. The molecule has 1 aliphatic heterocycles. The predicted octanol–water partition coefficient (Wildman–Crippen LogP) is 2.95. The van der Waals surface area contributed by atoms with Crippen molar-refractivity contribution >= 4 is 21.6 Å². The molecule has 8 heteroatoms. The van der Waals surface area contributed by atoms with Gasteiger partial charge >= 0.3 is 0 Å². The van der Waals surface area contributed by atoms with E-state index in [2.05, 4.69) is 10.0 Å². The van der Waals surface area contributed by atoms with E-state index in [0.29, 0.717) is 54.0 Å². The molecule has 7 nitrogen and oxygen atoms in total. The van der Waals surface area contributed by atoms with Gasteiger partial charge in [-0.3, -0.25) is 9.52 Å². The second-order valence-electron chi connectivity index (χ2n) is 7.04. The number of nitrogens with one attached hydrogen (secondary N) is 2. The Morgan fingerprint density at radius 2 is 1.79 bits per heavy atom. The highest BCUT2D eigenvalue weighted by Crippen LogP contribution is 2.33. The molecule has 3 rings (SSSR count). The van der Waals surface area contributed by atoms with Crippen LogP contribution in [0.25, 0.3) is 0 Å². The number of fused-ring (bicyclic) bond motifs is 1. The zero-order valence-electron chi connectivity index (χ0n) is 16.1. The third-order valence-electron chi connectivity index (χ3n) is 4.23. The summed E-state index contributed by atoms with van der Waals surface area (Å²) in [5.41, 5.74) is 1.40. The molecule has 0 bridgehead atoms. The molecule has 0 atom stereocenters. The highest BCUT2D eigenvalue weighted by Gasteiger charge is 2.20. The van der Waals surface area contributed by atoms with Crippen LogP contribution in [0, 0.1) is 12.8 Å². The number of hydrogen-bond acceptors (Lipinski definition) is 5. The van der Waals surface area contributed by atoms with E-state index < -0.39 is 10.0 Å². The Morgan fingerprint density at radius 3 is 2.50 bits per heavy atom. The lowest BCUT2D eigenvalue weighted by Gasteiger charge is -2.19. The molecule has 2 N–H and O–H groups in total. The average Bonchev–Trinajstić information content (AvgIpc) is 2.66. The smallest absolute Gasteiger partial charge is 0.261 e. The lowest BCUT2D eigenvalue weighted by molar-refractivity contribution is 0.0948. The Balaban J connectivity index is 1.83. The summed E-state index contributed by atoms with van der Waals surface area (Å²) in [6.45, 7) is 7.15. The molecular weight excluding hydrogens is 380 g/mol. The van der Waals surface area contributed by atoms with Gasteiger partial charge in [0.05, 0.1) is 10.6 Å². The van der Waals surface area contributed by atoms with Crippen LogP contribution in [-0.4, -0.2) is 34.1 Å². The van der Waals surface area contributed by atoms with Crippen molar-refractivity contribution < 1.29 is 22.7 Å². The number of aryl methyl sites for hydroxylation is 1. The minimum atomic E-state index is -3.87. The Hall–Kier alpha value is -2.74. The third-order valence-corrected chi connectivity index (χ3v) is 5.61. The fraction of sp³-hybridized carbons (Fsp3) is 0.350. The SMILES string of the molecule is Cc1ccc(S(=O)(=O)Nc2ccc3c(c2)OCCO3)cc1C(=O)NCC(C)C. The predicted molar refractivity (Wildman–Crippen MR) is 107 cm³/mol. The molecule has 1 aliphatic rings. The van der Waals surface area contributed by atoms with E-state index in [1.807, 2.05) is 13.8 Å². The number of amides is 1. The first-order valence-electron chi connectivity index (χ1n) is 9.07. The van der Waals surface area contributed by atoms with Crippen molar-refractivity contribution in [2.75, 3.05) is 24.5 Å². The lowest BCUT2D eigenvalue weighted by atomic mass is 10.1. The first kappa shape index (κ1) is 20.0. The minimum absolute atomic E-state index is 0.0164. The number of carbonyl (C=O) groups excluding carboxylic acids is 1. The summed E-state index contributed by atoms with van der Waals surface area (Å²) in [7, 11) is -3.87. The zero-order valence-corrected chi connectivity index (χ0v) is 16.9. The van der Waals surface area contributed by atoms with Crippen LogP contribution in [0.4, 0.5) is 5.69 Å². The second-order valence-corrected chi connectivity index (χ2v) is 8.73. The molecule has 0 saturated carbocycles. The van der Waals surface area contributed by atoms with Crippen LogP contribution in [0.15, 0.2) is 41.3 Å². The molecule has 0 fully saturated rings. The highest BCUT2D eigenvalue weighted by molar-refractivity contribution is 7.92. The van der Waals surface area contributed by atoms with Gasteiger partial charge in [-0.25, -0.2) is 8.42 Å².